The Morgan fingerprint density at radius 2 is 2.21 bits per heavy atom. The molecule has 0 radical (unpaired) electrons. The average molecular weight is 298 g/mol. The van der Waals surface area contributed by atoms with Crippen LogP contribution < -0.4 is 10.6 Å². The normalized spacial score (nSPS) is 14.6. The fraction of sp³-hybridized carbons (Fsp3) is 0.385. The van der Waals surface area contributed by atoms with Crippen molar-refractivity contribution in [2.45, 2.75) is 12.8 Å². The molecule has 4 nitrogen and oxygen atoms in total. The summed E-state index contributed by atoms with van der Waals surface area (Å²) in [5.74, 6) is 0.229. The Labute approximate surface area is 123 Å². The van der Waals surface area contributed by atoms with Crippen molar-refractivity contribution < 1.29 is 4.79 Å². The molecule has 0 bridgehead atoms. The first-order chi connectivity index (χ1) is 9.16. The number of halogens is 1. The molecule has 0 aromatic heterocycles. The molecule has 0 aliphatic carbocycles. The van der Waals surface area contributed by atoms with Gasteiger partial charge in [0.05, 0.1) is 10.7 Å². The molecule has 1 aliphatic rings. The molecule has 1 fully saturated rings. The Morgan fingerprint density at radius 3 is 2.89 bits per heavy atom. The summed E-state index contributed by atoms with van der Waals surface area (Å²) in [6, 6.07) is 7.42. The maximum absolute atomic E-state index is 11.4. The van der Waals surface area contributed by atoms with E-state index in [1.54, 1.807) is 6.07 Å². The minimum absolute atomic E-state index is 0.229. The molecule has 1 aliphatic heterocycles. The molecular weight excluding hydrogens is 282 g/mol. The number of nitrogens with zero attached hydrogens (tertiary/aromatic N) is 1. The van der Waals surface area contributed by atoms with Gasteiger partial charge in [0, 0.05) is 26.1 Å². The zero-order valence-electron chi connectivity index (χ0n) is 10.5. The number of anilines is 1. The van der Waals surface area contributed by atoms with Crippen molar-refractivity contribution in [1.82, 2.24) is 10.2 Å². The van der Waals surface area contributed by atoms with Crippen LogP contribution in [-0.2, 0) is 4.79 Å². The van der Waals surface area contributed by atoms with Crippen LogP contribution in [0, 0.1) is 0 Å². The maximum Gasteiger partial charge on any atom is 0.222 e. The molecule has 0 unspecified atom stereocenters. The average Bonchev–Trinajstić information content (AvgIpc) is 2.78. The lowest BCUT2D eigenvalue weighted by molar-refractivity contribution is -0.127. The molecule has 102 valence electrons. The van der Waals surface area contributed by atoms with E-state index < -0.39 is 0 Å². The first-order valence-corrected chi connectivity index (χ1v) is 7.02. The number of carbonyl (C=O) groups excluding carboxylic acids is 1. The summed E-state index contributed by atoms with van der Waals surface area (Å²) in [6.07, 6.45) is 1.63. The predicted molar refractivity (Wildman–Crippen MR) is 81.5 cm³/mol. The van der Waals surface area contributed by atoms with E-state index >= 15 is 0 Å². The number of likely N-dealkylation sites (tertiary alicyclic amines) is 1. The summed E-state index contributed by atoms with van der Waals surface area (Å²) in [6.45, 7) is 2.18. The Bertz CT molecular complexity index is 481. The fourth-order valence-corrected chi connectivity index (χ4v) is 2.37. The van der Waals surface area contributed by atoms with Gasteiger partial charge in [0.15, 0.2) is 5.11 Å². The fourth-order valence-electron chi connectivity index (χ4n) is 1.97. The van der Waals surface area contributed by atoms with Gasteiger partial charge >= 0.3 is 0 Å². The van der Waals surface area contributed by atoms with E-state index in [-0.39, 0.29) is 5.91 Å². The topological polar surface area (TPSA) is 44.4 Å². The molecule has 1 saturated heterocycles. The van der Waals surface area contributed by atoms with Crippen LogP contribution in [0.25, 0.3) is 0 Å². The molecule has 0 spiro atoms. The lowest BCUT2D eigenvalue weighted by Gasteiger charge is -2.17. The number of amides is 1. The maximum atomic E-state index is 11.4. The Kier molecular flexibility index (Phi) is 4.99. The van der Waals surface area contributed by atoms with Crippen LogP contribution in [0.2, 0.25) is 5.02 Å². The zero-order valence-corrected chi connectivity index (χ0v) is 12.1. The van der Waals surface area contributed by atoms with Gasteiger partial charge in [-0.1, -0.05) is 23.7 Å². The van der Waals surface area contributed by atoms with Crippen LogP contribution in [0.3, 0.4) is 0 Å². The molecule has 2 rings (SSSR count). The van der Waals surface area contributed by atoms with Crippen LogP contribution >= 0.6 is 23.8 Å². The molecule has 1 aromatic carbocycles. The molecule has 1 aromatic rings. The van der Waals surface area contributed by atoms with Gasteiger partial charge in [0.1, 0.15) is 0 Å². The van der Waals surface area contributed by atoms with Crippen LogP contribution in [0.1, 0.15) is 12.8 Å². The number of hydrogen-bond donors (Lipinski definition) is 2. The first kappa shape index (κ1) is 14.1. The highest BCUT2D eigenvalue weighted by Gasteiger charge is 2.19. The molecular formula is C13H16ClN3OS. The first-order valence-electron chi connectivity index (χ1n) is 6.24. The quantitative estimate of drug-likeness (QED) is 0.837. The molecule has 0 saturated carbocycles. The monoisotopic (exact) mass is 297 g/mol. The Hall–Kier alpha value is -1.33. The third-order valence-corrected chi connectivity index (χ3v) is 3.54. The summed E-state index contributed by atoms with van der Waals surface area (Å²) >= 11 is 11.2. The summed E-state index contributed by atoms with van der Waals surface area (Å²) in [5.41, 5.74) is 0.777. The molecule has 2 N–H and O–H groups in total. The van der Waals surface area contributed by atoms with Gasteiger partial charge in [-0.15, -0.1) is 0 Å². The van der Waals surface area contributed by atoms with Gasteiger partial charge in [-0.2, -0.15) is 0 Å². The van der Waals surface area contributed by atoms with Crippen molar-refractivity contribution in [2.75, 3.05) is 25.0 Å². The van der Waals surface area contributed by atoms with Gasteiger partial charge < -0.3 is 15.5 Å². The van der Waals surface area contributed by atoms with E-state index in [4.69, 9.17) is 23.8 Å². The third-order valence-electron chi connectivity index (χ3n) is 2.96. The van der Waals surface area contributed by atoms with E-state index in [1.165, 1.54) is 0 Å². The molecule has 6 heteroatoms. The van der Waals surface area contributed by atoms with E-state index in [2.05, 4.69) is 10.6 Å². The van der Waals surface area contributed by atoms with Crippen LogP contribution in [0.15, 0.2) is 24.3 Å². The summed E-state index contributed by atoms with van der Waals surface area (Å²) < 4.78 is 0. The van der Waals surface area contributed by atoms with Crippen molar-refractivity contribution in [3.63, 3.8) is 0 Å². The minimum Gasteiger partial charge on any atom is -0.361 e. The highest BCUT2D eigenvalue weighted by molar-refractivity contribution is 7.80. The van der Waals surface area contributed by atoms with Crippen LogP contribution in [0.4, 0.5) is 5.69 Å². The number of thiocarbonyl (C=S) groups is 1. The highest BCUT2D eigenvalue weighted by atomic mass is 35.5. The lowest BCUT2D eigenvalue weighted by atomic mass is 10.3. The number of nitrogens with one attached hydrogen (secondary N) is 2. The van der Waals surface area contributed by atoms with Crippen molar-refractivity contribution in [3.8, 4) is 0 Å². The van der Waals surface area contributed by atoms with E-state index in [1.807, 2.05) is 23.1 Å². The van der Waals surface area contributed by atoms with Crippen molar-refractivity contribution in [2.24, 2.45) is 0 Å². The second-order valence-corrected chi connectivity index (χ2v) is 5.16. The Balaban J connectivity index is 1.73. The SMILES string of the molecule is O=C1CCCN1CCNC(=S)Nc1ccccc1Cl. The van der Waals surface area contributed by atoms with Gasteiger partial charge in [-0.25, -0.2) is 0 Å². The predicted octanol–water partition coefficient (Wildman–Crippen LogP) is 2.25. The molecule has 19 heavy (non-hydrogen) atoms. The number of hydrogen-bond acceptors (Lipinski definition) is 2. The van der Waals surface area contributed by atoms with E-state index in [0.29, 0.717) is 29.6 Å². The second-order valence-electron chi connectivity index (χ2n) is 4.35. The molecule has 0 atom stereocenters. The summed E-state index contributed by atoms with van der Waals surface area (Å²) in [7, 11) is 0. The number of benzene rings is 1. The van der Waals surface area contributed by atoms with Gasteiger partial charge in [-0.05, 0) is 30.8 Å². The summed E-state index contributed by atoms with van der Waals surface area (Å²) in [5, 5.41) is 7.25. The summed E-state index contributed by atoms with van der Waals surface area (Å²) in [4.78, 5) is 13.3. The smallest absolute Gasteiger partial charge is 0.222 e. The van der Waals surface area contributed by atoms with Gasteiger partial charge in [-0.3, -0.25) is 4.79 Å². The largest absolute Gasteiger partial charge is 0.361 e. The number of para-hydroxylation sites is 1. The highest BCUT2D eigenvalue weighted by Crippen LogP contribution is 2.20. The lowest BCUT2D eigenvalue weighted by Crippen LogP contribution is -2.37. The zero-order chi connectivity index (χ0) is 13.7. The van der Waals surface area contributed by atoms with Crippen LogP contribution in [0.5, 0.6) is 0 Å². The van der Waals surface area contributed by atoms with Crippen LogP contribution in [-0.4, -0.2) is 35.6 Å². The Morgan fingerprint density at radius 1 is 1.42 bits per heavy atom. The van der Waals surface area contributed by atoms with Gasteiger partial charge in [0.25, 0.3) is 0 Å². The third kappa shape index (κ3) is 4.08. The van der Waals surface area contributed by atoms with Gasteiger partial charge in [0.2, 0.25) is 5.91 Å². The van der Waals surface area contributed by atoms with Crippen molar-refractivity contribution in [1.29, 1.82) is 0 Å². The van der Waals surface area contributed by atoms with E-state index in [9.17, 15) is 4.79 Å². The van der Waals surface area contributed by atoms with E-state index in [0.717, 1.165) is 18.7 Å². The molecule has 1 heterocycles. The second kappa shape index (κ2) is 6.73. The number of rotatable bonds is 4. The van der Waals surface area contributed by atoms with Crippen molar-refractivity contribution >= 4 is 40.5 Å². The standard InChI is InChI=1S/C13H16ClN3OS/c14-10-4-1-2-5-11(10)16-13(19)15-7-9-17-8-3-6-12(17)18/h1-2,4-5H,3,6-9H2,(H2,15,16,19). The number of carbonyl (C=O) groups is 1. The molecule has 1 amide bonds. The van der Waals surface area contributed by atoms with Crippen molar-refractivity contribution in [3.05, 3.63) is 29.3 Å². The minimum atomic E-state index is 0.229.